The van der Waals surface area contributed by atoms with Gasteiger partial charge in [-0.25, -0.2) is 4.39 Å². The maximum atomic E-state index is 13.5. The molecule has 0 fully saturated rings. The molecule has 3 heteroatoms. The lowest BCUT2D eigenvalue weighted by Crippen LogP contribution is -2.13. The van der Waals surface area contributed by atoms with E-state index in [0.717, 1.165) is 11.1 Å². The molecule has 1 atom stereocenters. The third-order valence-electron chi connectivity index (χ3n) is 2.26. The van der Waals surface area contributed by atoms with Gasteiger partial charge in [-0.1, -0.05) is 23.2 Å². The molecule has 82 valence electrons. The predicted octanol–water partition coefficient (Wildman–Crippen LogP) is 3.75. The van der Waals surface area contributed by atoms with Crippen LogP contribution in [0.3, 0.4) is 0 Å². The lowest BCUT2D eigenvalue weighted by atomic mass is 9.99. The van der Waals surface area contributed by atoms with Crippen LogP contribution in [0.2, 0.25) is 5.02 Å². The average molecular weight is 228 g/mol. The van der Waals surface area contributed by atoms with Crippen LogP contribution in [-0.4, -0.2) is 0 Å². The van der Waals surface area contributed by atoms with E-state index in [1.807, 2.05) is 13.8 Å². The van der Waals surface area contributed by atoms with Crippen LogP contribution in [-0.2, 0) is 0 Å². The Morgan fingerprint density at radius 2 is 2.20 bits per heavy atom. The molecule has 0 spiro atoms. The molecule has 0 saturated carbocycles. The molecule has 0 aliphatic carbocycles. The first-order valence-corrected chi connectivity index (χ1v) is 5.15. The van der Waals surface area contributed by atoms with Crippen molar-refractivity contribution in [2.24, 2.45) is 5.73 Å². The highest BCUT2D eigenvalue weighted by Crippen LogP contribution is 2.30. The molecule has 1 aromatic rings. The van der Waals surface area contributed by atoms with Crippen molar-refractivity contribution in [1.82, 2.24) is 0 Å². The number of hydrogen-bond acceptors (Lipinski definition) is 1. The van der Waals surface area contributed by atoms with E-state index in [0.29, 0.717) is 17.0 Å². The zero-order valence-corrected chi connectivity index (χ0v) is 9.74. The molecule has 2 N–H and O–H groups in total. The third-order valence-corrected chi connectivity index (χ3v) is 2.76. The van der Waals surface area contributed by atoms with Crippen molar-refractivity contribution in [3.8, 4) is 0 Å². The molecule has 0 aliphatic heterocycles. The molecule has 0 aliphatic rings. The first-order chi connectivity index (χ1) is 6.93. The molecule has 0 saturated heterocycles. The number of rotatable bonds is 3. The smallest absolute Gasteiger partial charge is 0.129 e. The Morgan fingerprint density at radius 3 is 2.73 bits per heavy atom. The summed E-state index contributed by atoms with van der Waals surface area (Å²) in [6.07, 6.45) is 0.542. The highest BCUT2D eigenvalue weighted by molar-refractivity contribution is 6.32. The summed E-state index contributed by atoms with van der Waals surface area (Å²) in [6, 6.07) is 2.62. The van der Waals surface area contributed by atoms with Crippen LogP contribution in [0, 0.1) is 12.7 Å². The maximum Gasteiger partial charge on any atom is 0.129 e. The Hall–Kier alpha value is -0.860. The van der Waals surface area contributed by atoms with E-state index in [1.54, 1.807) is 6.07 Å². The monoisotopic (exact) mass is 227 g/mol. The Morgan fingerprint density at radius 1 is 1.60 bits per heavy atom. The minimum Gasteiger partial charge on any atom is -0.324 e. The second-order valence-corrected chi connectivity index (χ2v) is 4.24. The van der Waals surface area contributed by atoms with E-state index in [9.17, 15) is 4.39 Å². The van der Waals surface area contributed by atoms with Gasteiger partial charge in [0.25, 0.3) is 0 Å². The van der Waals surface area contributed by atoms with Crippen molar-refractivity contribution in [3.63, 3.8) is 0 Å². The molecule has 0 unspecified atom stereocenters. The molecule has 15 heavy (non-hydrogen) atoms. The van der Waals surface area contributed by atoms with Gasteiger partial charge in [-0.2, -0.15) is 0 Å². The van der Waals surface area contributed by atoms with Gasteiger partial charge in [-0.05, 0) is 31.9 Å². The number of halogens is 2. The van der Waals surface area contributed by atoms with Crippen LogP contribution in [0.4, 0.5) is 4.39 Å². The Kier molecular flexibility index (Phi) is 3.89. The molecule has 1 rings (SSSR count). The van der Waals surface area contributed by atoms with Crippen molar-refractivity contribution < 1.29 is 4.39 Å². The SMILES string of the molecule is C=C(C)C[C@@H](N)c1c(F)ccc(C)c1Cl. The van der Waals surface area contributed by atoms with Crippen molar-refractivity contribution >= 4 is 11.6 Å². The fourth-order valence-corrected chi connectivity index (χ4v) is 1.79. The second kappa shape index (κ2) is 4.77. The molecular weight excluding hydrogens is 213 g/mol. The van der Waals surface area contributed by atoms with Crippen LogP contribution < -0.4 is 5.73 Å². The molecule has 1 nitrogen and oxygen atoms in total. The van der Waals surface area contributed by atoms with Gasteiger partial charge in [0.15, 0.2) is 0 Å². The summed E-state index contributed by atoms with van der Waals surface area (Å²) in [7, 11) is 0. The summed E-state index contributed by atoms with van der Waals surface area (Å²) >= 11 is 6.03. The maximum absolute atomic E-state index is 13.5. The molecule has 0 radical (unpaired) electrons. The summed E-state index contributed by atoms with van der Waals surface area (Å²) in [6.45, 7) is 7.45. The average Bonchev–Trinajstić information content (AvgIpc) is 2.11. The lowest BCUT2D eigenvalue weighted by molar-refractivity contribution is 0.579. The van der Waals surface area contributed by atoms with E-state index < -0.39 is 6.04 Å². The largest absolute Gasteiger partial charge is 0.324 e. The van der Waals surface area contributed by atoms with Gasteiger partial charge < -0.3 is 5.73 Å². The summed E-state index contributed by atoms with van der Waals surface area (Å²) in [4.78, 5) is 0. The zero-order valence-electron chi connectivity index (χ0n) is 8.98. The summed E-state index contributed by atoms with van der Waals surface area (Å²) < 4.78 is 13.5. The van der Waals surface area contributed by atoms with Crippen LogP contribution >= 0.6 is 11.6 Å². The van der Waals surface area contributed by atoms with Crippen molar-refractivity contribution in [1.29, 1.82) is 0 Å². The zero-order chi connectivity index (χ0) is 11.6. The second-order valence-electron chi connectivity index (χ2n) is 3.86. The van der Waals surface area contributed by atoms with Gasteiger partial charge in [0, 0.05) is 11.6 Å². The highest BCUT2D eigenvalue weighted by Gasteiger charge is 2.16. The van der Waals surface area contributed by atoms with Gasteiger partial charge in [0.05, 0.1) is 5.02 Å². The molecule has 0 aromatic heterocycles. The van der Waals surface area contributed by atoms with E-state index in [4.69, 9.17) is 17.3 Å². The van der Waals surface area contributed by atoms with Gasteiger partial charge in [-0.15, -0.1) is 6.58 Å². The number of nitrogens with two attached hydrogens (primary N) is 1. The van der Waals surface area contributed by atoms with Gasteiger partial charge in [-0.3, -0.25) is 0 Å². The fourth-order valence-electron chi connectivity index (χ4n) is 1.50. The first kappa shape index (κ1) is 12.2. The van der Waals surface area contributed by atoms with E-state index in [-0.39, 0.29) is 5.82 Å². The normalized spacial score (nSPS) is 12.6. The lowest BCUT2D eigenvalue weighted by Gasteiger charge is -2.15. The first-order valence-electron chi connectivity index (χ1n) is 4.78. The quantitative estimate of drug-likeness (QED) is 0.782. The third kappa shape index (κ3) is 2.80. The van der Waals surface area contributed by atoms with Crippen LogP contribution in [0.1, 0.15) is 30.5 Å². The van der Waals surface area contributed by atoms with Gasteiger partial charge in [0.2, 0.25) is 0 Å². The fraction of sp³-hybridized carbons (Fsp3) is 0.333. The number of benzene rings is 1. The summed E-state index contributed by atoms with van der Waals surface area (Å²) in [5.74, 6) is -0.348. The summed E-state index contributed by atoms with van der Waals surface area (Å²) in [5, 5.41) is 0.420. The van der Waals surface area contributed by atoms with Crippen LogP contribution in [0.5, 0.6) is 0 Å². The predicted molar refractivity (Wildman–Crippen MR) is 62.5 cm³/mol. The Balaban J connectivity index is 3.12. The number of aryl methyl sites for hydroxylation is 1. The van der Waals surface area contributed by atoms with Gasteiger partial charge in [0.1, 0.15) is 5.82 Å². The Labute approximate surface area is 94.7 Å². The summed E-state index contributed by atoms with van der Waals surface area (Å²) in [5.41, 5.74) is 8.02. The van der Waals surface area contributed by atoms with Crippen molar-refractivity contribution in [2.45, 2.75) is 26.3 Å². The van der Waals surface area contributed by atoms with Crippen molar-refractivity contribution in [2.75, 3.05) is 0 Å². The molecule has 0 amide bonds. The minimum atomic E-state index is -0.421. The van der Waals surface area contributed by atoms with E-state index in [1.165, 1.54) is 6.07 Å². The molecular formula is C12H15ClFN. The van der Waals surface area contributed by atoms with Crippen LogP contribution in [0.25, 0.3) is 0 Å². The van der Waals surface area contributed by atoms with E-state index >= 15 is 0 Å². The molecule has 0 heterocycles. The standard InChI is InChI=1S/C12H15ClFN/c1-7(2)6-10(15)11-9(14)5-4-8(3)12(11)13/h4-5,10H,1,6,15H2,2-3H3/t10-/m1/s1. The van der Waals surface area contributed by atoms with E-state index in [2.05, 4.69) is 6.58 Å². The Bertz CT molecular complexity index is 387. The molecule has 1 aromatic carbocycles. The van der Waals surface area contributed by atoms with Crippen molar-refractivity contribution in [3.05, 3.63) is 46.3 Å². The molecule has 0 bridgehead atoms. The van der Waals surface area contributed by atoms with Gasteiger partial charge >= 0.3 is 0 Å². The minimum absolute atomic E-state index is 0.348. The number of hydrogen-bond donors (Lipinski definition) is 1. The van der Waals surface area contributed by atoms with Crippen LogP contribution in [0.15, 0.2) is 24.3 Å². The topological polar surface area (TPSA) is 26.0 Å². The highest BCUT2D eigenvalue weighted by atomic mass is 35.5.